The molecular weight excluding hydrogens is 409 g/mol. The van der Waals surface area contributed by atoms with Crippen LogP contribution in [0.1, 0.15) is 58.6 Å². The van der Waals surface area contributed by atoms with Crippen LogP contribution in [0.5, 0.6) is 0 Å². The third kappa shape index (κ3) is 6.32. The minimum Gasteiger partial charge on any atom is -0.480 e. The molecule has 1 rings (SSSR count). The van der Waals surface area contributed by atoms with Crippen molar-refractivity contribution in [3.63, 3.8) is 0 Å². The van der Waals surface area contributed by atoms with E-state index in [1.807, 2.05) is 0 Å². The molecule has 1 N–H and O–H groups in total. The van der Waals surface area contributed by atoms with E-state index in [-0.39, 0.29) is 5.56 Å². The normalized spacial score (nSPS) is 14.4. The fourth-order valence-electron chi connectivity index (χ4n) is 2.39. The standard InChI is InChI=1S/C19H27F2O7P/c1-17(2,3)27-29(25,28-18(4,5)6)19(20,21)13-10-8-12(9-11-13)14(15(22)23)16(24)26-7/h8-11,14H,1-7H3,(H,22,23). The van der Waals surface area contributed by atoms with E-state index >= 15 is 8.78 Å². The van der Waals surface area contributed by atoms with Crippen LogP contribution in [-0.4, -0.2) is 35.4 Å². The molecule has 0 aromatic heterocycles. The maximum atomic E-state index is 15.3. The maximum Gasteiger partial charge on any atom is 0.405 e. The topological polar surface area (TPSA) is 99.1 Å². The summed E-state index contributed by atoms with van der Waals surface area (Å²) in [5, 5.41) is 9.21. The van der Waals surface area contributed by atoms with E-state index < -0.39 is 47.9 Å². The molecular formula is C19H27F2O7P. The van der Waals surface area contributed by atoms with Crippen molar-refractivity contribution in [3.05, 3.63) is 35.4 Å². The zero-order chi connectivity index (χ0) is 22.8. The number of halogens is 2. The van der Waals surface area contributed by atoms with E-state index in [1.165, 1.54) is 41.5 Å². The van der Waals surface area contributed by atoms with Gasteiger partial charge in [0.1, 0.15) is 0 Å². The van der Waals surface area contributed by atoms with Crippen LogP contribution in [0, 0.1) is 0 Å². The lowest BCUT2D eigenvalue weighted by atomic mass is 9.98. The monoisotopic (exact) mass is 436 g/mol. The number of carboxylic acid groups (broad SMARTS) is 1. The van der Waals surface area contributed by atoms with Crippen LogP contribution in [0.15, 0.2) is 24.3 Å². The summed E-state index contributed by atoms with van der Waals surface area (Å²) in [7, 11) is -3.99. The van der Waals surface area contributed by atoms with Crippen LogP contribution in [0.3, 0.4) is 0 Å². The average Bonchev–Trinajstić information content (AvgIpc) is 2.51. The smallest absolute Gasteiger partial charge is 0.405 e. The second-order valence-electron chi connectivity index (χ2n) is 8.36. The molecule has 7 nitrogen and oxygen atoms in total. The Morgan fingerprint density at radius 3 is 1.69 bits per heavy atom. The molecule has 29 heavy (non-hydrogen) atoms. The fraction of sp³-hybridized carbons (Fsp3) is 0.579. The Balaban J connectivity index is 3.42. The van der Waals surface area contributed by atoms with E-state index in [4.69, 9.17) is 9.05 Å². The first-order valence-corrected chi connectivity index (χ1v) is 10.3. The van der Waals surface area contributed by atoms with Gasteiger partial charge in [-0.3, -0.25) is 23.2 Å². The van der Waals surface area contributed by atoms with Gasteiger partial charge in [-0.2, -0.15) is 8.78 Å². The number of alkyl halides is 2. The molecule has 1 aromatic carbocycles. The molecule has 0 bridgehead atoms. The Hall–Kier alpha value is -1.83. The number of methoxy groups -OCH3 is 1. The summed E-state index contributed by atoms with van der Waals surface area (Å²) in [5.41, 5.74) is -7.18. The molecule has 0 saturated heterocycles. The molecule has 1 atom stereocenters. The number of carbonyl (C=O) groups is 2. The quantitative estimate of drug-likeness (QED) is 0.369. The number of rotatable bonds is 7. The minimum atomic E-state index is -5.01. The highest BCUT2D eigenvalue weighted by Crippen LogP contribution is 2.69. The molecule has 0 aliphatic rings. The molecule has 0 spiro atoms. The molecule has 0 radical (unpaired) electrons. The van der Waals surface area contributed by atoms with E-state index in [0.717, 1.165) is 31.4 Å². The van der Waals surface area contributed by atoms with Crippen LogP contribution < -0.4 is 0 Å². The van der Waals surface area contributed by atoms with Crippen molar-refractivity contribution < 1.29 is 41.8 Å². The van der Waals surface area contributed by atoms with Gasteiger partial charge in [-0.25, -0.2) is 0 Å². The van der Waals surface area contributed by atoms with Crippen LogP contribution in [0.25, 0.3) is 0 Å². The molecule has 10 heteroatoms. The van der Waals surface area contributed by atoms with Crippen LogP contribution in [-0.2, 0) is 33.6 Å². The van der Waals surface area contributed by atoms with Crippen LogP contribution >= 0.6 is 7.60 Å². The molecule has 0 aliphatic carbocycles. The van der Waals surface area contributed by atoms with E-state index in [0.29, 0.717) is 0 Å². The molecule has 0 fully saturated rings. The summed E-state index contributed by atoms with van der Waals surface area (Å²) in [6, 6.07) is 3.85. The molecule has 0 saturated carbocycles. The molecule has 0 amide bonds. The number of hydrogen-bond acceptors (Lipinski definition) is 6. The van der Waals surface area contributed by atoms with E-state index in [9.17, 15) is 19.3 Å². The Labute approximate surface area is 168 Å². The Morgan fingerprint density at radius 1 is 0.966 bits per heavy atom. The van der Waals surface area contributed by atoms with Gasteiger partial charge >= 0.3 is 25.2 Å². The fourth-order valence-corrected chi connectivity index (χ4v) is 4.56. The van der Waals surface area contributed by atoms with Crippen molar-refractivity contribution in [1.82, 2.24) is 0 Å². The average molecular weight is 436 g/mol. The van der Waals surface area contributed by atoms with Gasteiger partial charge in [0.15, 0.2) is 5.92 Å². The number of esters is 1. The predicted octanol–water partition coefficient (Wildman–Crippen LogP) is 4.90. The predicted molar refractivity (Wildman–Crippen MR) is 102 cm³/mol. The van der Waals surface area contributed by atoms with Crippen molar-refractivity contribution >= 4 is 19.5 Å². The second-order valence-corrected chi connectivity index (χ2v) is 10.3. The third-order valence-corrected chi connectivity index (χ3v) is 5.93. The lowest BCUT2D eigenvalue weighted by molar-refractivity contribution is -0.152. The first-order chi connectivity index (χ1) is 12.9. The molecule has 1 unspecified atom stereocenters. The SMILES string of the molecule is COC(=O)C(C(=O)O)c1ccc(C(F)(F)P(=O)(OC(C)(C)C)OC(C)(C)C)cc1. The summed E-state index contributed by atoms with van der Waals surface area (Å²) in [5.74, 6) is -4.21. The largest absolute Gasteiger partial charge is 0.480 e. The summed E-state index contributed by atoms with van der Waals surface area (Å²) in [4.78, 5) is 23.0. The van der Waals surface area contributed by atoms with E-state index in [2.05, 4.69) is 4.74 Å². The highest BCUT2D eigenvalue weighted by Gasteiger charge is 2.58. The van der Waals surface area contributed by atoms with Gasteiger partial charge in [0.05, 0.1) is 18.3 Å². The number of carboxylic acids is 1. The Kier molecular flexibility index (Phi) is 7.39. The second kappa shape index (κ2) is 8.50. The molecule has 1 aromatic rings. The van der Waals surface area contributed by atoms with Gasteiger partial charge in [0.2, 0.25) is 0 Å². The van der Waals surface area contributed by atoms with Crippen molar-refractivity contribution in [2.45, 2.75) is 64.3 Å². The van der Waals surface area contributed by atoms with Crippen molar-refractivity contribution in [2.75, 3.05) is 7.11 Å². The zero-order valence-electron chi connectivity index (χ0n) is 17.5. The maximum absolute atomic E-state index is 15.3. The van der Waals surface area contributed by atoms with Crippen molar-refractivity contribution in [3.8, 4) is 0 Å². The van der Waals surface area contributed by atoms with Gasteiger partial charge in [-0.05, 0) is 47.1 Å². The highest BCUT2D eigenvalue weighted by molar-refractivity contribution is 7.54. The van der Waals surface area contributed by atoms with Crippen molar-refractivity contribution in [2.24, 2.45) is 0 Å². The summed E-state index contributed by atoms with van der Waals surface area (Å²) in [6.45, 7) is 8.83. The zero-order valence-corrected chi connectivity index (χ0v) is 18.4. The first-order valence-electron chi connectivity index (χ1n) is 8.74. The minimum absolute atomic E-state index is 0.0628. The van der Waals surface area contributed by atoms with Gasteiger partial charge in [-0.15, -0.1) is 0 Å². The van der Waals surface area contributed by atoms with Crippen molar-refractivity contribution in [1.29, 1.82) is 0 Å². The lowest BCUT2D eigenvalue weighted by Gasteiger charge is -2.36. The number of aliphatic carboxylic acids is 1. The van der Waals surface area contributed by atoms with Gasteiger partial charge in [-0.1, -0.05) is 24.3 Å². The van der Waals surface area contributed by atoms with Crippen LogP contribution in [0.4, 0.5) is 8.78 Å². The highest BCUT2D eigenvalue weighted by atomic mass is 31.2. The molecule has 0 aliphatic heterocycles. The number of ether oxygens (including phenoxy) is 1. The van der Waals surface area contributed by atoms with Crippen LogP contribution in [0.2, 0.25) is 0 Å². The summed E-state index contributed by atoms with van der Waals surface area (Å²) in [6.07, 6.45) is 0. The van der Waals surface area contributed by atoms with Gasteiger partial charge < -0.3 is 9.84 Å². The first kappa shape index (κ1) is 25.2. The number of carbonyl (C=O) groups excluding carboxylic acids is 1. The Morgan fingerprint density at radius 2 is 1.38 bits per heavy atom. The summed E-state index contributed by atoms with van der Waals surface area (Å²) < 4.78 is 58.6. The molecule has 0 heterocycles. The Bertz CT molecular complexity index is 772. The third-order valence-electron chi connectivity index (χ3n) is 3.41. The summed E-state index contributed by atoms with van der Waals surface area (Å²) >= 11 is 0. The lowest BCUT2D eigenvalue weighted by Crippen LogP contribution is -2.30. The molecule has 164 valence electrons. The van der Waals surface area contributed by atoms with Gasteiger partial charge in [0, 0.05) is 5.56 Å². The van der Waals surface area contributed by atoms with Gasteiger partial charge in [0.25, 0.3) is 0 Å². The van der Waals surface area contributed by atoms with E-state index in [1.54, 1.807) is 0 Å². The number of benzene rings is 1. The number of hydrogen-bond donors (Lipinski definition) is 1.